The van der Waals surface area contributed by atoms with Crippen LogP contribution in [0.25, 0.3) is 5.57 Å². The number of benzene rings is 1. The smallest absolute Gasteiger partial charge is 0.270 e. The van der Waals surface area contributed by atoms with Gasteiger partial charge >= 0.3 is 0 Å². The summed E-state index contributed by atoms with van der Waals surface area (Å²) in [6.07, 6.45) is 8.03. The van der Waals surface area contributed by atoms with Crippen molar-refractivity contribution in [2.75, 3.05) is 5.32 Å². The summed E-state index contributed by atoms with van der Waals surface area (Å²) in [5.41, 5.74) is 10.3. The van der Waals surface area contributed by atoms with E-state index in [4.69, 9.17) is 5.73 Å². The van der Waals surface area contributed by atoms with Crippen molar-refractivity contribution in [1.29, 1.82) is 0 Å². The molecule has 0 radical (unpaired) electrons. The Morgan fingerprint density at radius 2 is 1.72 bits per heavy atom. The molecular formula is C29H37FN6O2S. The van der Waals surface area contributed by atoms with Crippen molar-refractivity contribution in [2.24, 2.45) is 33.8 Å². The van der Waals surface area contributed by atoms with Gasteiger partial charge in [0.2, 0.25) is 5.91 Å². The van der Waals surface area contributed by atoms with Gasteiger partial charge in [-0.3, -0.25) is 14.3 Å². The molecule has 3 fully saturated rings. The zero-order chi connectivity index (χ0) is 27.7. The molecule has 1 atom stereocenters. The van der Waals surface area contributed by atoms with Crippen LogP contribution < -0.4 is 16.4 Å². The van der Waals surface area contributed by atoms with Gasteiger partial charge in [-0.1, -0.05) is 12.1 Å². The molecule has 2 amide bonds. The Morgan fingerprint density at radius 1 is 1.08 bits per heavy atom. The minimum Gasteiger partial charge on any atom is -0.401 e. The number of hydrogen-bond acceptors (Lipinski definition) is 6. The normalized spacial score (nSPS) is 19.2. The number of nitrogens with zero attached hydrogens (tertiary/aromatic N) is 3. The molecule has 1 unspecified atom stereocenters. The minimum atomic E-state index is -0.635. The maximum atomic E-state index is 13.7. The molecule has 0 saturated heterocycles. The Bertz CT molecular complexity index is 1260. The van der Waals surface area contributed by atoms with Gasteiger partial charge in [0.25, 0.3) is 5.91 Å². The fraction of sp³-hybridized carbons (Fsp3) is 0.517. The van der Waals surface area contributed by atoms with Crippen LogP contribution in [0.1, 0.15) is 81.4 Å². The van der Waals surface area contributed by atoms with Crippen molar-refractivity contribution in [3.05, 3.63) is 53.5 Å². The molecule has 1 heterocycles. The topological polar surface area (TPSA) is 114 Å². The van der Waals surface area contributed by atoms with Crippen LogP contribution in [0.5, 0.6) is 0 Å². The molecule has 0 spiro atoms. The number of anilines is 1. The van der Waals surface area contributed by atoms with Gasteiger partial charge in [0.15, 0.2) is 12.3 Å². The van der Waals surface area contributed by atoms with E-state index in [1.807, 2.05) is 38.1 Å². The summed E-state index contributed by atoms with van der Waals surface area (Å²) < 4.78 is 18.4. The fourth-order valence-electron chi connectivity index (χ4n) is 5.57. The molecule has 5 rings (SSSR count). The van der Waals surface area contributed by atoms with E-state index in [0.29, 0.717) is 34.8 Å². The Balaban J connectivity index is 1.36. The predicted octanol–water partition coefficient (Wildman–Crippen LogP) is 5.71. The Labute approximate surface area is 233 Å². The number of aromatic nitrogens is 2. The number of rotatable bonds is 12. The van der Waals surface area contributed by atoms with E-state index in [2.05, 4.69) is 20.1 Å². The van der Waals surface area contributed by atoms with Gasteiger partial charge < -0.3 is 16.4 Å². The lowest BCUT2D eigenvalue weighted by molar-refractivity contribution is -0.119. The summed E-state index contributed by atoms with van der Waals surface area (Å²) >= 11 is -0.0783. The van der Waals surface area contributed by atoms with E-state index in [1.54, 1.807) is 23.9 Å². The van der Waals surface area contributed by atoms with Crippen LogP contribution in [0.15, 0.2) is 46.6 Å². The Hall–Kier alpha value is -3.14. The molecule has 3 aliphatic rings. The maximum Gasteiger partial charge on any atom is 0.270 e. The molecule has 0 aliphatic heterocycles. The average Bonchev–Trinajstić information content (AvgIpc) is 3.76. The molecular weight excluding hydrogens is 515 g/mol. The molecule has 10 heteroatoms. The van der Waals surface area contributed by atoms with Crippen molar-refractivity contribution in [3.8, 4) is 0 Å². The molecule has 0 bridgehead atoms. The zero-order valence-electron chi connectivity index (χ0n) is 22.7. The summed E-state index contributed by atoms with van der Waals surface area (Å²) in [4.78, 5) is 27.1. The summed E-state index contributed by atoms with van der Waals surface area (Å²) in [7, 11) is 0. The third kappa shape index (κ3) is 6.37. The van der Waals surface area contributed by atoms with E-state index < -0.39 is 6.04 Å². The maximum absolute atomic E-state index is 13.7. The number of allylic oxidation sites excluding steroid dienone is 2. The van der Waals surface area contributed by atoms with E-state index in [0.717, 1.165) is 55.4 Å². The number of halogens is 1. The molecule has 8 nitrogen and oxygen atoms in total. The summed E-state index contributed by atoms with van der Waals surface area (Å²) in [6.45, 7) is 5.69. The van der Waals surface area contributed by atoms with Crippen molar-refractivity contribution in [2.45, 2.75) is 71.4 Å². The first kappa shape index (κ1) is 27.4. The molecule has 2 aromatic rings. The van der Waals surface area contributed by atoms with Gasteiger partial charge in [-0.2, -0.15) is 9.50 Å². The highest BCUT2D eigenvalue weighted by molar-refractivity contribution is 7.93. The number of carbonyl (C=O) groups excluding carboxylic acids is 2. The van der Waals surface area contributed by atoms with Crippen molar-refractivity contribution >= 4 is 41.1 Å². The second-order valence-electron chi connectivity index (χ2n) is 11.4. The van der Waals surface area contributed by atoms with Crippen molar-refractivity contribution in [3.63, 3.8) is 0 Å². The third-order valence-corrected chi connectivity index (χ3v) is 8.30. The predicted molar refractivity (Wildman–Crippen MR) is 154 cm³/mol. The Morgan fingerprint density at radius 3 is 2.26 bits per heavy atom. The molecule has 3 aliphatic carbocycles. The fourth-order valence-corrected chi connectivity index (χ4v) is 5.76. The highest BCUT2D eigenvalue weighted by Crippen LogP contribution is 2.51. The standard InChI is InChI=1S/C29H37FN6O2S/c1-16(2)36-23(14-15-32-36)28(37)34-27(25(19-4-5-19)20-6-7-20)29(38)33-22-12-10-18(11-13-22)24(17(3)35-39-30)26(31)21-8-9-21/h10-16,19-21,25,27H,4-9,31H2,1-3H3,(H,33,38)(H,34,37)/b26-24+,35-17+. The number of carbonyl (C=O) groups is 2. The van der Waals surface area contributed by atoms with Gasteiger partial charge in [-0.25, -0.2) is 0 Å². The van der Waals surface area contributed by atoms with Crippen LogP contribution in [0.4, 0.5) is 9.57 Å². The highest BCUT2D eigenvalue weighted by atomic mass is 32.2. The molecule has 3 saturated carbocycles. The first-order chi connectivity index (χ1) is 18.8. The third-order valence-electron chi connectivity index (χ3n) is 7.96. The summed E-state index contributed by atoms with van der Waals surface area (Å²) in [5, 5.41) is 10.4. The second-order valence-corrected chi connectivity index (χ2v) is 11.7. The van der Waals surface area contributed by atoms with Crippen LogP contribution in [0.2, 0.25) is 0 Å². The van der Waals surface area contributed by atoms with E-state index in [1.165, 1.54) is 0 Å². The highest BCUT2D eigenvalue weighted by Gasteiger charge is 2.48. The average molecular weight is 553 g/mol. The molecule has 1 aromatic heterocycles. The van der Waals surface area contributed by atoms with Gasteiger partial charge in [0.05, 0.1) is 5.71 Å². The first-order valence-electron chi connectivity index (χ1n) is 13.9. The van der Waals surface area contributed by atoms with Gasteiger partial charge in [-0.05, 0) is 107 Å². The number of hydrogen-bond donors (Lipinski definition) is 3. The van der Waals surface area contributed by atoms with Gasteiger partial charge in [0.1, 0.15) is 11.7 Å². The second kappa shape index (κ2) is 11.5. The quantitative estimate of drug-likeness (QED) is 0.230. The largest absolute Gasteiger partial charge is 0.401 e. The molecule has 1 aromatic carbocycles. The lowest BCUT2D eigenvalue weighted by Gasteiger charge is -2.28. The zero-order valence-corrected chi connectivity index (χ0v) is 23.5. The van der Waals surface area contributed by atoms with E-state index in [-0.39, 0.29) is 36.1 Å². The van der Waals surface area contributed by atoms with E-state index in [9.17, 15) is 13.5 Å². The molecule has 4 N–H and O–H groups in total. The van der Waals surface area contributed by atoms with Crippen LogP contribution in [-0.4, -0.2) is 33.3 Å². The van der Waals surface area contributed by atoms with Crippen LogP contribution in [-0.2, 0) is 4.79 Å². The van der Waals surface area contributed by atoms with Crippen molar-refractivity contribution < 1.29 is 13.5 Å². The minimum absolute atomic E-state index is 0.0271. The summed E-state index contributed by atoms with van der Waals surface area (Å²) in [5.74, 6) is 0.837. The lowest BCUT2D eigenvalue weighted by Crippen LogP contribution is -2.50. The SMILES string of the molecule is CC(=N\SF)/C(=C(\N)C1CC1)c1ccc(NC(=O)C(NC(=O)c2ccnn2C(C)C)C(C2CC2)C2CC2)cc1. The number of nitrogens with two attached hydrogens (primary N) is 1. The Kier molecular flexibility index (Phi) is 8.11. The lowest BCUT2D eigenvalue weighted by atomic mass is 9.88. The van der Waals surface area contributed by atoms with Crippen LogP contribution >= 0.6 is 12.3 Å². The van der Waals surface area contributed by atoms with Gasteiger partial charge in [-0.15, -0.1) is 3.89 Å². The molecule has 39 heavy (non-hydrogen) atoms. The first-order valence-corrected chi connectivity index (χ1v) is 14.5. The number of amides is 2. The number of nitrogens with one attached hydrogen (secondary N) is 2. The van der Waals surface area contributed by atoms with Gasteiger partial charge in [0, 0.05) is 29.2 Å². The molecule has 208 valence electrons. The summed E-state index contributed by atoms with van der Waals surface area (Å²) in [6, 6.07) is 8.46. The van der Waals surface area contributed by atoms with E-state index >= 15 is 0 Å². The van der Waals surface area contributed by atoms with Crippen LogP contribution in [0, 0.1) is 23.7 Å². The van der Waals surface area contributed by atoms with Crippen molar-refractivity contribution in [1.82, 2.24) is 15.1 Å². The monoisotopic (exact) mass is 552 g/mol. The van der Waals surface area contributed by atoms with Crippen LogP contribution in [0.3, 0.4) is 0 Å².